The van der Waals surface area contributed by atoms with E-state index in [4.69, 9.17) is 0 Å². The summed E-state index contributed by atoms with van der Waals surface area (Å²) in [4.78, 5) is 34.8. The third-order valence-electron chi connectivity index (χ3n) is 5.42. The molecule has 33 heavy (non-hydrogen) atoms. The molecule has 6 nitrogen and oxygen atoms in total. The second-order valence-corrected chi connectivity index (χ2v) is 10.3. The Bertz CT molecular complexity index is 1300. The molecular formula is C25H26N4O2S2. The number of hydrogen-bond acceptors (Lipinski definition) is 6. The Hall–Kier alpha value is -3.10. The van der Waals surface area contributed by atoms with E-state index in [9.17, 15) is 9.59 Å². The molecule has 2 N–H and O–H groups in total. The van der Waals surface area contributed by atoms with Crippen molar-refractivity contribution in [2.75, 3.05) is 5.01 Å². The van der Waals surface area contributed by atoms with Crippen LogP contribution >= 0.6 is 23.1 Å². The van der Waals surface area contributed by atoms with Crippen LogP contribution in [0.25, 0.3) is 10.2 Å². The minimum Gasteiger partial charge on any atom is -0.309 e. The Morgan fingerprint density at radius 3 is 2.48 bits per heavy atom. The topological polar surface area (TPSA) is 78.1 Å². The van der Waals surface area contributed by atoms with Gasteiger partial charge in [0, 0.05) is 4.88 Å². The van der Waals surface area contributed by atoms with Crippen molar-refractivity contribution in [3.8, 4) is 0 Å². The quantitative estimate of drug-likeness (QED) is 0.350. The van der Waals surface area contributed by atoms with Crippen molar-refractivity contribution >= 4 is 44.9 Å². The molecule has 0 unspecified atom stereocenters. The van der Waals surface area contributed by atoms with Crippen LogP contribution in [0.5, 0.6) is 0 Å². The Kier molecular flexibility index (Phi) is 7.15. The average Bonchev–Trinajstić information content (AvgIpc) is 3.11. The number of H-pyrrole nitrogens is 1. The molecule has 4 rings (SSSR count). The van der Waals surface area contributed by atoms with Gasteiger partial charge in [-0.2, -0.15) is 0 Å². The van der Waals surface area contributed by atoms with Crippen LogP contribution in [-0.2, 0) is 17.1 Å². The molecule has 0 spiro atoms. The lowest BCUT2D eigenvalue weighted by atomic mass is 10.2. The number of carbonyl (C=O) groups excluding carboxylic acids is 1. The lowest BCUT2D eigenvalue weighted by molar-refractivity contribution is -0.120. The van der Waals surface area contributed by atoms with Gasteiger partial charge in [-0.05, 0) is 44.0 Å². The number of fused-ring (bicyclic) bond motifs is 1. The van der Waals surface area contributed by atoms with Crippen molar-refractivity contribution in [3.05, 3.63) is 92.8 Å². The maximum atomic E-state index is 13.0. The van der Waals surface area contributed by atoms with Gasteiger partial charge in [0.05, 0.1) is 28.6 Å². The SMILES string of the molecule is Cc1sc2nc(CS[C@H](C)C(=O)NN(Cc3ccccc3)c3ccccc3)[nH]c(=O)c2c1C. The van der Waals surface area contributed by atoms with E-state index in [1.807, 2.05) is 86.4 Å². The zero-order valence-corrected chi connectivity index (χ0v) is 20.4. The van der Waals surface area contributed by atoms with E-state index in [1.165, 1.54) is 23.1 Å². The highest BCUT2D eigenvalue weighted by Crippen LogP contribution is 2.26. The monoisotopic (exact) mass is 478 g/mol. The van der Waals surface area contributed by atoms with Crippen LogP contribution in [0.3, 0.4) is 0 Å². The van der Waals surface area contributed by atoms with E-state index in [-0.39, 0.29) is 16.7 Å². The standard InChI is InChI=1S/C25H26N4O2S2/c1-16-17(2)33-25-22(16)24(31)26-21(27-25)15-32-18(3)23(30)28-29(20-12-8-5-9-13-20)14-19-10-6-4-7-11-19/h4-13,18H,14-15H2,1-3H3,(H,28,30)(H,26,27,31)/t18-/m1/s1. The second kappa shape index (κ2) is 10.2. The van der Waals surface area contributed by atoms with E-state index >= 15 is 0 Å². The van der Waals surface area contributed by atoms with Gasteiger partial charge in [-0.1, -0.05) is 48.5 Å². The van der Waals surface area contributed by atoms with E-state index in [2.05, 4.69) is 15.4 Å². The Labute approximate surface area is 201 Å². The number of hydrazine groups is 1. The molecule has 2 aromatic heterocycles. The number of carbonyl (C=O) groups is 1. The summed E-state index contributed by atoms with van der Waals surface area (Å²) < 4.78 is 0. The molecule has 1 amide bonds. The molecule has 8 heteroatoms. The molecule has 0 aliphatic carbocycles. The molecule has 0 fully saturated rings. The number of anilines is 1. The summed E-state index contributed by atoms with van der Waals surface area (Å²) in [6.07, 6.45) is 0. The normalized spacial score (nSPS) is 12.0. The smallest absolute Gasteiger partial charge is 0.259 e. The van der Waals surface area contributed by atoms with Gasteiger partial charge < -0.3 is 4.98 Å². The number of para-hydroxylation sites is 1. The first-order chi connectivity index (χ1) is 15.9. The van der Waals surface area contributed by atoms with Crippen molar-refractivity contribution < 1.29 is 4.79 Å². The minimum atomic E-state index is -0.334. The summed E-state index contributed by atoms with van der Waals surface area (Å²) in [5.41, 5.74) is 5.92. The first-order valence-electron chi connectivity index (χ1n) is 10.7. The molecule has 0 saturated heterocycles. The molecule has 0 radical (unpaired) electrons. The van der Waals surface area contributed by atoms with Crippen LogP contribution in [0.2, 0.25) is 0 Å². The number of amides is 1. The fraction of sp³-hybridized carbons (Fsp3) is 0.240. The third-order valence-corrected chi connectivity index (χ3v) is 7.68. The Balaban J connectivity index is 1.44. The van der Waals surface area contributed by atoms with Gasteiger partial charge in [0.15, 0.2) is 0 Å². The van der Waals surface area contributed by atoms with Crippen molar-refractivity contribution in [1.82, 2.24) is 15.4 Å². The summed E-state index contributed by atoms with van der Waals surface area (Å²) in [7, 11) is 0. The minimum absolute atomic E-state index is 0.106. The number of aryl methyl sites for hydroxylation is 2. The van der Waals surface area contributed by atoms with Crippen LogP contribution in [0, 0.1) is 13.8 Å². The Morgan fingerprint density at radius 1 is 1.12 bits per heavy atom. The third kappa shape index (κ3) is 5.46. The number of aromatic amines is 1. The number of nitrogens with zero attached hydrogens (tertiary/aromatic N) is 2. The van der Waals surface area contributed by atoms with E-state index < -0.39 is 0 Å². The van der Waals surface area contributed by atoms with E-state index in [0.29, 0.717) is 23.5 Å². The van der Waals surface area contributed by atoms with Gasteiger partial charge in [0.2, 0.25) is 0 Å². The van der Waals surface area contributed by atoms with Crippen molar-refractivity contribution in [2.24, 2.45) is 0 Å². The summed E-state index contributed by atoms with van der Waals surface area (Å²) in [6.45, 7) is 6.36. The highest BCUT2D eigenvalue weighted by Gasteiger charge is 2.19. The van der Waals surface area contributed by atoms with Gasteiger partial charge in [-0.25, -0.2) is 4.98 Å². The lowest BCUT2D eigenvalue weighted by Gasteiger charge is -2.27. The summed E-state index contributed by atoms with van der Waals surface area (Å²) in [6, 6.07) is 19.8. The van der Waals surface area contributed by atoms with Crippen LogP contribution in [-0.4, -0.2) is 21.1 Å². The number of thiophene rings is 1. The number of hydrogen-bond donors (Lipinski definition) is 2. The molecule has 170 valence electrons. The van der Waals surface area contributed by atoms with Crippen LogP contribution in [0.15, 0.2) is 65.5 Å². The highest BCUT2D eigenvalue weighted by molar-refractivity contribution is 7.99. The molecule has 0 aliphatic heterocycles. The van der Waals surface area contributed by atoms with Gasteiger partial charge >= 0.3 is 0 Å². The molecule has 2 aromatic carbocycles. The fourth-order valence-corrected chi connectivity index (χ4v) is 5.24. The number of benzene rings is 2. The summed E-state index contributed by atoms with van der Waals surface area (Å²) in [5.74, 6) is 0.924. The van der Waals surface area contributed by atoms with E-state index in [0.717, 1.165) is 26.5 Å². The number of rotatable bonds is 8. The van der Waals surface area contributed by atoms with Crippen LogP contribution < -0.4 is 16.0 Å². The Morgan fingerprint density at radius 2 is 1.79 bits per heavy atom. The molecular weight excluding hydrogens is 452 g/mol. The number of thioether (sulfide) groups is 1. The summed E-state index contributed by atoms with van der Waals surface area (Å²) in [5, 5.41) is 2.19. The van der Waals surface area contributed by atoms with Crippen molar-refractivity contribution in [3.63, 3.8) is 0 Å². The van der Waals surface area contributed by atoms with Gasteiger partial charge in [0.1, 0.15) is 10.7 Å². The molecule has 2 heterocycles. The maximum Gasteiger partial charge on any atom is 0.259 e. The fourth-order valence-electron chi connectivity index (χ4n) is 3.44. The van der Waals surface area contributed by atoms with Crippen molar-refractivity contribution in [2.45, 2.75) is 38.3 Å². The van der Waals surface area contributed by atoms with E-state index in [1.54, 1.807) is 0 Å². The predicted molar refractivity (Wildman–Crippen MR) is 138 cm³/mol. The first kappa shape index (κ1) is 23.1. The first-order valence-corrected chi connectivity index (χ1v) is 12.6. The number of nitrogens with one attached hydrogen (secondary N) is 2. The zero-order valence-electron chi connectivity index (χ0n) is 18.8. The van der Waals surface area contributed by atoms with Gasteiger partial charge in [-0.3, -0.25) is 20.0 Å². The van der Waals surface area contributed by atoms with Gasteiger partial charge in [0.25, 0.3) is 11.5 Å². The molecule has 0 saturated carbocycles. The molecule has 0 bridgehead atoms. The second-order valence-electron chi connectivity index (χ2n) is 7.81. The van der Waals surface area contributed by atoms with Crippen LogP contribution in [0.4, 0.5) is 5.69 Å². The van der Waals surface area contributed by atoms with Crippen molar-refractivity contribution in [1.29, 1.82) is 0 Å². The predicted octanol–water partition coefficient (Wildman–Crippen LogP) is 4.96. The highest BCUT2D eigenvalue weighted by atomic mass is 32.2. The molecule has 1 atom stereocenters. The molecule has 4 aromatic rings. The summed E-state index contributed by atoms with van der Waals surface area (Å²) >= 11 is 2.97. The lowest BCUT2D eigenvalue weighted by Crippen LogP contribution is -2.45. The largest absolute Gasteiger partial charge is 0.309 e. The maximum absolute atomic E-state index is 13.0. The zero-order chi connectivity index (χ0) is 23.4. The molecule has 0 aliphatic rings. The number of aromatic nitrogens is 2. The average molecular weight is 479 g/mol. The van der Waals surface area contributed by atoms with Gasteiger partial charge in [-0.15, -0.1) is 23.1 Å². The van der Waals surface area contributed by atoms with Crippen LogP contribution in [0.1, 0.15) is 28.8 Å².